The Morgan fingerprint density at radius 2 is 2.00 bits per heavy atom. The maximum atomic E-state index is 12.9. The molecule has 1 unspecified atom stereocenters. The fraction of sp³-hybridized carbons (Fsp3) is 0.316. The minimum Gasteiger partial charge on any atom is -0.324 e. The van der Waals surface area contributed by atoms with E-state index in [9.17, 15) is 21.9 Å². The summed E-state index contributed by atoms with van der Waals surface area (Å²) in [6.07, 6.45) is 0.579. The topological polar surface area (TPSA) is 100 Å². The lowest BCUT2D eigenvalue weighted by atomic mass is 9.78. The molecule has 2 aromatic heterocycles. The Morgan fingerprint density at radius 3 is 2.65 bits per heavy atom. The van der Waals surface area contributed by atoms with Gasteiger partial charge >= 0.3 is 6.18 Å². The summed E-state index contributed by atoms with van der Waals surface area (Å²) in [4.78, 5) is 12.7. The van der Waals surface area contributed by atoms with Crippen LogP contribution in [0.25, 0.3) is 10.4 Å². The SMILES string of the molecule is Cc1cc(Nc2nccc(C(F)(F)F)n2)cc(-c2cnc(C3(NS(=O)O)CCC3)s2)c1. The molecule has 0 amide bonds. The molecule has 3 aromatic rings. The molecule has 2 heterocycles. The van der Waals surface area contributed by atoms with E-state index in [2.05, 4.69) is 25.0 Å². The predicted molar refractivity (Wildman–Crippen MR) is 112 cm³/mol. The molecule has 1 aliphatic rings. The molecule has 1 fully saturated rings. The molecule has 4 rings (SSSR count). The first kappa shape index (κ1) is 21.8. The molecule has 12 heteroatoms. The number of anilines is 2. The lowest BCUT2D eigenvalue weighted by Gasteiger charge is -2.39. The van der Waals surface area contributed by atoms with Gasteiger partial charge in [-0.1, -0.05) is 6.07 Å². The molecule has 1 aromatic carbocycles. The monoisotopic (exact) mass is 469 g/mol. The average Bonchev–Trinajstić information content (AvgIpc) is 3.14. The van der Waals surface area contributed by atoms with Gasteiger partial charge in [0.25, 0.3) is 0 Å². The van der Waals surface area contributed by atoms with Gasteiger partial charge in [-0.2, -0.15) is 13.2 Å². The maximum absolute atomic E-state index is 12.9. The van der Waals surface area contributed by atoms with E-state index >= 15 is 0 Å². The van der Waals surface area contributed by atoms with Crippen molar-refractivity contribution >= 4 is 34.2 Å². The smallest absolute Gasteiger partial charge is 0.324 e. The first-order chi connectivity index (χ1) is 14.6. The Labute approximate surface area is 182 Å². The number of hydrogen-bond acceptors (Lipinski definition) is 6. The average molecular weight is 470 g/mol. The molecule has 164 valence electrons. The van der Waals surface area contributed by atoms with E-state index in [4.69, 9.17) is 0 Å². The Bertz CT molecular complexity index is 1130. The van der Waals surface area contributed by atoms with Crippen LogP contribution in [0.5, 0.6) is 0 Å². The van der Waals surface area contributed by atoms with Crippen molar-refractivity contribution in [3.8, 4) is 10.4 Å². The second kappa shape index (κ2) is 8.26. The van der Waals surface area contributed by atoms with Gasteiger partial charge in [0.05, 0.1) is 10.4 Å². The molecule has 7 nitrogen and oxygen atoms in total. The van der Waals surface area contributed by atoms with Gasteiger partial charge in [-0.25, -0.2) is 23.9 Å². The number of hydrogen-bond donors (Lipinski definition) is 3. The van der Waals surface area contributed by atoms with Gasteiger partial charge in [-0.05, 0) is 55.5 Å². The minimum atomic E-state index is -4.56. The summed E-state index contributed by atoms with van der Waals surface area (Å²) in [5.41, 5.74) is 0.619. The van der Waals surface area contributed by atoms with E-state index < -0.39 is 28.7 Å². The molecule has 0 bridgehead atoms. The highest BCUT2D eigenvalue weighted by Crippen LogP contribution is 2.44. The van der Waals surface area contributed by atoms with Crippen LogP contribution in [0.4, 0.5) is 24.8 Å². The van der Waals surface area contributed by atoms with Gasteiger partial charge in [0, 0.05) is 18.1 Å². The summed E-state index contributed by atoms with van der Waals surface area (Å²) in [6.45, 7) is 1.87. The van der Waals surface area contributed by atoms with Gasteiger partial charge in [-0.15, -0.1) is 11.3 Å². The van der Waals surface area contributed by atoms with Crippen LogP contribution in [-0.2, 0) is 23.0 Å². The molecule has 0 saturated heterocycles. The van der Waals surface area contributed by atoms with Crippen molar-refractivity contribution < 1.29 is 21.9 Å². The number of aryl methyl sites for hydroxylation is 1. The molecule has 0 radical (unpaired) electrons. The van der Waals surface area contributed by atoms with Crippen LogP contribution >= 0.6 is 11.3 Å². The van der Waals surface area contributed by atoms with Gasteiger partial charge < -0.3 is 5.32 Å². The molecule has 3 N–H and O–H groups in total. The molecule has 1 atom stereocenters. The Morgan fingerprint density at radius 1 is 1.23 bits per heavy atom. The maximum Gasteiger partial charge on any atom is 0.433 e. The molecular formula is C19H18F3N5O2S2. The quantitative estimate of drug-likeness (QED) is 0.450. The van der Waals surface area contributed by atoms with Crippen LogP contribution in [0.3, 0.4) is 0 Å². The van der Waals surface area contributed by atoms with Crippen molar-refractivity contribution in [1.82, 2.24) is 19.7 Å². The zero-order valence-corrected chi connectivity index (χ0v) is 17.9. The van der Waals surface area contributed by atoms with Crippen LogP contribution in [-0.4, -0.2) is 23.7 Å². The number of aromatic nitrogens is 3. The first-order valence-electron chi connectivity index (χ1n) is 9.29. The molecule has 0 aliphatic heterocycles. The van der Waals surface area contributed by atoms with Crippen molar-refractivity contribution in [2.24, 2.45) is 0 Å². The number of thiazole rings is 1. The van der Waals surface area contributed by atoms with Gasteiger partial charge in [0.15, 0.2) is 0 Å². The molecule has 1 aliphatic carbocycles. The van der Waals surface area contributed by atoms with Crippen molar-refractivity contribution in [2.75, 3.05) is 5.32 Å². The third-order valence-corrected chi connectivity index (χ3v) is 6.78. The summed E-state index contributed by atoms with van der Waals surface area (Å²) in [6, 6.07) is 6.30. The summed E-state index contributed by atoms with van der Waals surface area (Å²) >= 11 is -0.732. The van der Waals surface area contributed by atoms with Crippen LogP contribution in [0.2, 0.25) is 0 Å². The Kier molecular flexibility index (Phi) is 5.81. The summed E-state index contributed by atoms with van der Waals surface area (Å²) in [5, 5.41) is 3.56. The third kappa shape index (κ3) is 4.76. The van der Waals surface area contributed by atoms with Crippen LogP contribution in [0.15, 0.2) is 36.7 Å². The molecule has 31 heavy (non-hydrogen) atoms. The van der Waals surface area contributed by atoms with E-state index in [1.165, 1.54) is 11.3 Å². The van der Waals surface area contributed by atoms with E-state index in [0.29, 0.717) is 5.69 Å². The van der Waals surface area contributed by atoms with Gasteiger partial charge in [0.1, 0.15) is 10.7 Å². The largest absolute Gasteiger partial charge is 0.433 e. The van der Waals surface area contributed by atoms with E-state index in [1.54, 1.807) is 18.3 Å². The lowest BCUT2D eigenvalue weighted by Crippen LogP contribution is -2.48. The highest BCUT2D eigenvalue weighted by atomic mass is 32.2. The fourth-order valence-electron chi connectivity index (χ4n) is 3.39. The number of benzene rings is 1. The van der Waals surface area contributed by atoms with E-state index in [-0.39, 0.29) is 5.95 Å². The Balaban J connectivity index is 1.61. The van der Waals surface area contributed by atoms with Crippen molar-refractivity contribution in [3.63, 3.8) is 0 Å². The molecular weight excluding hydrogens is 451 g/mol. The molecule has 1 saturated carbocycles. The first-order valence-corrected chi connectivity index (χ1v) is 11.2. The summed E-state index contributed by atoms with van der Waals surface area (Å²) in [5.74, 6) is -0.153. The molecule has 0 spiro atoms. The van der Waals surface area contributed by atoms with Gasteiger partial charge in [-0.3, -0.25) is 4.55 Å². The second-order valence-corrected chi connectivity index (χ2v) is 9.03. The zero-order valence-electron chi connectivity index (χ0n) is 16.2. The number of alkyl halides is 3. The van der Waals surface area contributed by atoms with Crippen molar-refractivity contribution in [2.45, 2.75) is 37.9 Å². The Hall–Kier alpha value is -2.41. The number of rotatable bonds is 6. The highest BCUT2D eigenvalue weighted by Gasteiger charge is 2.42. The number of nitrogens with zero attached hydrogens (tertiary/aromatic N) is 3. The number of nitrogens with one attached hydrogen (secondary N) is 2. The second-order valence-electron chi connectivity index (χ2n) is 7.29. The van der Waals surface area contributed by atoms with E-state index in [1.807, 2.05) is 13.0 Å². The minimum absolute atomic E-state index is 0.153. The van der Waals surface area contributed by atoms with Crippen molar-refractivity contribution in [1.29, 1.82) is 0 Å². The third-order valence-electron chi connectivity index (χ3n) is 4.97. The van der Waals surface area contributed by atoms with E-state index in [0.717, 1.165) is 52.5 Å². The predicted octanol–water partition coefficient (Wildman–Crippen LogP) is 4.78. The van der Waals surface area contributed by atoms with Crippen LogP contribution in [0.1, 0.15) is 35.5 Å². The summed E-state index contributed by atoms with van der Waals surface area (Å²) < 4.78 is 62.0. The normalized spacial score (nSPS) is 16.5. The number of halogens is 3. The standard InChI is InChI=1S/C19H18F3N5O2S2/c1-11-7-12(14-10-24-16(30-14)18(4-2-5-18)27-31(28)29)9-13(8-11)25-17-23-6-3-15(26-17)19(20,21)22/h3,6-10,27H,2,4-5H2,1H3,(H,28,29)(H,23,25,26). The van der Waals surface area contributed by atoms with Crippen LogP contribution in [0, 0.1) is 6.92 Å². The van der Waals surface area contributed by atoms with Crippen molar-refractivity contribution in [3.05, 3.63) is 52.9 Å². The lowest BCUT2D eigenvalue weighted by molar-refractivity contribution is -0.141. The van der Waals surface area contributed by atoms with Gasteiger partial charge in [0.2, 0.25) is 17.2 Å². The zero-order chi connectivity index (χ0) is 22.2. The van der Waals surface area contributed by atoms with Crippen LogP contribution < -0.4 is 10.0 Å². The summed E-state index contributed by atoms with van der Waals surface area (Å²) in [7, 11) is 0. The highest BCUT2D eigenvalue weighted by molar-refractivity contribution is 7.77. The fourth-order valence-corrected chi connectivity index (χ4v) is 5.19.